The average molecular weight is 373 g/mol. The Morgan fingerprint density at radius 1 is 0.857 bits per heavy atom. The van der Waals surface area contributed by atoms with E-state index in [2.05, 4.69) is 4.98 Å². The summed E-state index contributed by atoms with van der Waals surface area (Å²) in [5, 5.41) is 0.792. The quantitative estimate of drug-likeness (QED) is 0.464. The predicted octanol–water partition coefficient (Wildman–Crippen LogP) is 5.33. The van der Waals surface area contributed by atoms with Gasteiger partial charge in [0.05, 0.1) is 7.11 Å². The predicted molar refractivity (Wildman–Crippen MR) is 107 cm³/mol. The highest BCUT2D eigenvalue weighted by molar-refractivity contribution is 5.97. The zero-order valence-corrected chi connectivity index (χ0v) is 15.3. The van der Waals surface area contributed by atoms with Gasteiger partial charge < -0.3 is 19.2 Å². The first-order valence-electron chi connectivity index (χ1n) is 8.88. The van der Waals surface area contributed by atoms with Gasteiger partial charge in [0.1, 0.15) is 18.1 Å². The number of nitrogens with one attached hydrogen (secondary N) is 1. The van der Waals surface area contributed by atoms with Gasteiger partial charge in [-0.05, 0) is 35.9 Å². The Labute approximate surface area is 162 Å². The van der Waals surface area contributed by atoms with Crippen LogP contribution in [0.3, 0.4) is 0 Å². The second-order valence-corrected chi connectivity index (χ2v) is 6.22. The molecule has 0 spiro atoms. The molecule has 0 amide bonds. The molecule has 0 saturated heterocycles. The van der Waals surface area contributed by atoms with Gasteiger partial charge in [-0.15, -0.1) is 0 Å². The van der Waals surface area contributed by atoms with Gasteiger partial charge in [-0.2, -0.15) is 0 Å². The molecule has 5 nitrogen and oxygen atoms in total. The molecule has 5 heteroatoms. The molecule has 4 aromatic rings. The van der Waals surface area contributed by atoms with E-state index in [1.54, 1.807) is 6.07 Å². The summed E-state index contributed by atoms with van der Waals surface area (Å²) >= 11 is 0. The zero-order chi connectivity index (χ0) is 19.3. The molecule has 140 valence electrons. The number of hydrogen-bond acceptors (Lipinski definition) is 4. The number of methoxy groups -OCH3 is 1. The number of benzene rings is 3. The summed E-state index contributed by atoms with van der Waals surface area (Å²) in [4.78, 5) is 14.9. The second kappa shape index (κ2) is 7.88. The van der Waals surface area contributed by atoms with E-state index in [-0.39, 0.29) is 0 Å². The maximum atomic E-state index is 11.8. The highest BCUT2D eigenvalue weighted by Crippen LogP contribution is 2.35. The van der Waals surface area contributed by atoms with E-state index >= 15 is 0 Å². The van der Waals surface area contributed by atoms with Crippen molar-refractivity contribution >= 4 is 16.9 Å². The van der Waals surface area contributed by atoms with Crippen LogP contribution >= 0.6 is 0 Å². The number of para-hydroxylation sites is 2. The molecule has 3 aromatic carbocycles. The van der Waals surface area contributed by atoms with E-state index in [1.165, 1.54) is 7.11 Å². The number of aromatic nitrogens is 1. The van der Waals surface area contributed by atoms with Gasteiger partial charge in [0, 0.05) is 10.9 Å². The summed E-state index contributed by atoms with van der Waals surface area (Å²) in [6, 6.07) is 24.8. The van der Waals surface area contributed by atoms with Crippen molar-refractivity contribution < 1.29 is 19.0 Å². The van der Waals surface area contributed by atoms with E-state index in [0.717, 1.165) is 16.5 Å². The van der Waals surface area contributed by atoms with Crippen molar-refractivity contribution in [1.29, 1.82) is 0 Å². The molecule has 1 aromatic heterocycles. The van der Waals surface area contributed by atoms with Crippen LogP contribution in [0, 0.1) is 0 Å². The lowest BCUT2D eigenvalue weighted by Gasteiger charge is -2.13. The number of hydrogen-bond donors (Lipinski definition) is 1. The molecule has 1 heterocycles. The van der Waals surface area contributed by atoms with Crippen molar-refractivity contribution in [3.63, 3.8) is 0 Å². The van der Waals surface area contributed by atoms with Gasteiger partial charge in [0.2, 0.25) is 0 Å². The van der Waals surface area contributed by atoms with Crippen LogP contribution in [-0.2, 0) is 11.3 Å². The Hall–Kier alpha value is -3.73. The van der Waals surface area contributed by atoms with Crippen LogP contribution in [0.4, 0.5) is 0 Å². The Kier molecular flexibility index (Phi) is 4.97. The number of carbonyl (C=O) groups is 1. The van der Waals surface area contributed by atoms with E-state index in [4.69, 9.17) is 14.2 Å². The normalized spacial score (nSPS) is 10.6. The highest BCUT2D eigenvalue weighted by Gasteiger charge is 2.14. The maximum absolute atomic E-state index is 11.8. The fourth-order valence-electron chi connectivity index (χ4n) is 2.94. The third kappa shape index (κ3) is 3.69. The summed E-state index contributed by atoms with van der Waals surface area (Å²) in [5.41, 5.74) is 2.25. The van der Waals surface area contributed by atoms with E-state index < -0.39 is 5.97 Å². The molecule has 0 aliphatic rings. The van der Waals surface area contributed by atoms with Gasteiger partial charge in [-0.3, -0.25) is 0 Å². The van der Waals surface area contributed by atoms with Gasteiger partial charge >= 0.3 is 5.97 Å². The van der Waals surface area contributed by atoms with Gasteiger partial charge in [-0.25, -0.2) is 4.79 Å². The molecular formula is C23H19NO4. The molecule has 4 rings (SSSR count). The van der Waals surface area contributed by atoms with E-state index in [9.17, 15) is 4.79 Å². The third-order valence-electron chi connectivity index (χ3n) is 4.34. The van der Waals surface area contributed by atoms with Crippen molar-refractivity contribution in [2.45, 2.75) is 6.61 Å². The Bertz CT molecular complexity index is 1100. The number of ether oxygens (including phenoxy) is 3. The number of fused-ring (bicyclic) bond motifs is 1. The minimum absolute atomic E-state index is 0.377. The fourth-order valence-corrected chi connectivity index (χ4v) is 2.94. The monoisotopic (exact) mass is 373 g/mol. The molecule has 1 N–H and O–H groups in total. The summed E-state index contributed by atoms with van der Waals surface area (Å²) < 4.78 is 16.9. The summed E-state index contributed by atoms with van der Waals surface area (Å²) in [7, 11) is 1.35. The van der Waals surface area contributed by atoms with Crippen LogP contribution in [0.5, 0.6) is 17.2 Å². The number of H-pyrrole nitrogens is 1. The van der Waals surface area contributed by atoms with Gasteiger partial charge in [0.25, 0.3) is 0 Å². The van der Waals surface area contributed by atoms with Crippen LogP contribution in [0.25, 0.3) is 10.9 Å². The minimum atomic E-state index is -0.422. The second-order valence-electron chi connectivity index (χ2n) is 6.22. The lowest BCUT2D eigenvalue weighted by atomic mass is 10.2. The molecule has 0 fully saturated rings. The molecular weight excluding hydrogens is 354 g/mol. The average Bonchev–Trinajstić information content (AvgIpc) is 3.19. The van der Waals surface area contributed by atoms with Crippen LogP contribution in [0.2, 0.25) is 0 Å². The fraction of sp³-hybridized carbons (Fsp3) is 0.0870. The Balaban J connectivity index is 1.61. The Morgan fingerprint density at radius 3 is 2.36 bits per heavy atom. The Morgan fingerprint density at radius 2 is 1.57 bits per heavy atom. The van der Waals surface area contributed by atoms with Gasteiger partial charge in [0.15, 0.2) is 11.5 Å². The van der Waals surface area contributed by atoms with E-state index in [0.29, 0.717) is 29.5 Å². The largest absolute Gasteiger partial charge is 0.485 e. The van der Waals surface area contributed by atoms with Crippen LogP contribution in [-0.4, -0.2) is 18.1 Å². The minimum Gasteiger partial charge on any atom is -0.485 e. The smallest absolute Gasteiger partial charge is 0.354 e. The van der Waals surface area contributed by atoms with Crippen molar-refractivity contribution in [3.8, 4) is 17.2 Å². The van der Waals surface area contributed by atoms with Crippen LogP contribution in [0.1, 0.15) is 16.1 Å². The first-order chi connectivity index (χ1) is 13.7. The number of esters is 1. The topological polar surface area (TPSA) is 60.6 Å². The van der Waals surface area contributed by atoms with Crippen LogP contribution in [0.15, 0.2) is 78.9 Å². The van der Waals surface area contributed by atoms with Crippen molar-refractivity contribution in [1.82, 2.24) is 4.98 Å². The molecule has 0 atom stereocenters. The lowest BCUT2D eigenvalue weighted by Crippen LogP contribution is -2.00. The third-order valence-corrected chi connectivity index (χ3v) is 4.34. The van der Waals surface area contributed by atoms with Crippen molar-refractivity contribution in [2.24, 2.45) is 0 Å². The van der Waals surface area contributed by atoms with Gasteiger partial charge in [-0.1, -0.05) is 48.5 Å². The molecule has 0 bridgehead atoms. The molecule has 0 aliphatic carbocycles. The lowest BCUT2D eigenvalue weighted by molar-refractivity contribution is 0.0595. The number of aromatic amines is 1. The maximum Gasteiger partial charge on any atom is 0.354 e. The zero-order valence-electron chi connectivity index (χ0n) is 15.3. The molecule has 0 saturated carbocycles. The standard InChI is InChI=1S/C23H19NO4/c1-26-23(25)19-14-17-18(24-19)10-7-13-20(17)28-22-12-6-5-11-21(22)27-15-16-8-3-2-4-9-16/h2-14,24H,15H2,1H3. The van der Waals surface area contributed by atoms with Crippen molar-refractivity contribution in [3.05, 3.63) is 90.1 Å². The summed E-state index contributed by atoms with van der Waals surface area (Å²) in [6.45, 7) is 0.446. The van der Waals surface area contributed by atoms with Crippen LogP contribution < -0.4 is 9.47 Å². The SMILES string of the molecule is COC(=O)c1cc2c(Oc3ccccc3OCc3ccccc3)cccc2[nH]1. The summed E-state index contributed by atoms with van der Waals surface area (Å²) in [6.07, 6.45) is 0. The molecule has 28 heavy (non-hydrogen) atoms. The summed E-state index contributed by atoms with van der Waals surface area (Å²) in [5.74, 6) is 1.45. The van der Waals surface area contributed by atoms with Crippen molar-refractivity contribution in [2.75, 3.05) is 7.11 Å². The number of rotatable bonds is 6. The van der Waals surface area contributed by atoms with E-state index in [1.807, 2.05) is 72.8 Å². The first kappa shape index (κ1) is 17.7. The molecule has 0 radical (unpaired) electrons. The molecule has 0 aliphatic heterocycles. The number of carbonyl (C=O) groups excluding carboxylic acids is 1. The first-order valence-corrected chi connectivity index (χ1v) is 8.88. The molecule has 0 unspecified atom stereocenters. The highest BCUT2D eigenvalue weighted by atomic mass is 16.5.